The third kappa shape index (κ3) is 4.36. The molecule has 5 heteroatoms. The molecule has 4 nitrogen and oxygen atoms in total. The van der Waals surface area contributed by atoms with E-state index in [0.717, 1.165) is 11.3 Å². The number of nitrogens with one attached hydrogen (secondary N) is 2. The van der Waals surface area contributed by atoms with Crippen LogP contribution in [0.5, 0.6) is 11.5 Å². The topological polar surface area (TPSA) is 42.5 Å². The lowest BCUT2D eigenvalue weighted by molar-refractivity contribution is 0.354. The molecule has 110 valence electrons. The molecule has 2 rings (SSSR count). The molecule has 2 N–H and O–H groups in total. The van der Waals surface area contributed by atoms with Gasteiger partial charge in [-0.1, -0.05) is 24.3 Å². The minimum atomic E-state index is 0.580. The van der Waals surface area contributed by atoms with Gasteiger partial charge in [-0.3, -0.25) is 0 Å². The molecule has 0 saturated heterocycles. The van der Waals surface area contributed by atoms with Crippen LogP contribution in [0.4, 0.5) is 5.69 Å². The van der Waals surface area contributed by atoms with E-state index in [-0.39, 0.29) is 0 Å². The van der Waals surface area contributed by atoms with Crippen molar-refractivity contribution in [3.05, 3.63) is 54.1 Å². The Labute approximate surface area is 130 Å². The number of methoxy groups -OCH3 is 2. The summed E-state index contributed by atoms with van der Waals surface area (Å²) in [4.78, 5) is 0. The zero-order valence-corrected chi connectivity index (χ0v) is 12.9. The van der Waals surface area contributed by atoms with Crippen LogP contribution in [0, 0.1) is 0 Å². The Morgan fingerprint density at radius 2 is 1.71 bits per heavy atom. The minimum Gasteiger partial charge on any atom is -0.493 e. The number of hydrogen-bond acceptors (Lipinski definition) is 3. The Bertz CT molecular complexity index is 602. The van der Waals surface area contributed by atoms with Crippen LogP contribution >= 0.6 is 12.2 Å². The molecule has 2 aromatic rings. The zero-order valence-electron chi connectivity index (χ0n) is 12.1. The maximum atomic E-state index is 5.28. The second-order valence-electron chi connectivity index (χ2n) is 4.36. The maximum absolute atomic E-state index is 5.28. The van der Waals surface area contributed by atoms with Gasteiger partial charge >= 0.3 is 0 Å². The van der Waals surface area contributed by atoms with Crippen molar-refractivity contribution >= 4 is 23.0 Å². The molecule has 0 saturated carbocycles. The number of rotatable bonds is 5. The first-order chi connectivity index (χ1) is 10.2. The number of hydrogen-bond donors (Lipinski definition) is 2. The third-order valence-electron chi connectivity index (χ3n) is 2.93. The number of ether oxygens (including phenoxy) is 2. The van der Waals surface area contributed by atoms with Gasteiger partial charge in [0.1, 0.15) is 0 Å². The lowest BCUT2D eigenvalue weighted by Crippen LogP contribution is -2.27. The van der Waals surface area contributed by atoms with Crippen molar-refractivity contribution in [3.8, 4) is 11.5 Å². The van der Waals surface area contributed by atoms with Gasteiger partial charge in [-0.25, -0.2) is 0 Å². The van der Waals surface area contributed by atoms with Gasteiger partial charge in [0.2, 0.25) is 0 Å². The minimum absolute atomic E-state index is 0.580. The molecule has 2 aromatic carbocycles. The Kier molecular flexibility index (Phi) is 5.40. The highest BCUT2D eigenvalue weighted by atomic mass is 32.1. The van der Waals surface area contributed by atoms with Gasteiger partial charge in [0.15, 0.2) is 16.6 Å². The highest BCUT2D eigenvalue weighted by Crippen LogP contribution is 2.27. The van der Waals surface area contributed by atoms with E-state index in [1.807, 2.05) is 48.5 Å². The van der Waals surface area contributed by atoms with Crippen molar-refractivity contribution in [2.45, 2.75) is 6.54 Å². The number of anilines is 1. The standard InChI is InChI=1S/C16H18N2O2S/c1-19-14-9-8-12(10-15(14)20-2)11-17-16(21)18-13-6-4-3-5-7-13/h3-10H,11H2,1-2H3,(H2,17,18,21). The van der Waals surface area contributed by atoms with E-state index in [4.69, 9.17) is 21.7 Å². The van der Waals surface area contributed by atoms with Gasteiger partial charge in [0, 0.05) is 12.2 Å². The molecule has 0 radical (unpaired) electrons. The van der Waals surface area contributed by atoms with Crippen LogP contribution in [-0.4, -0.2) is 19.3 Å². The molecule has 0 heterocycles. The summed E-state index contributed by atoms with van der Waals surface area (Å²) >= 11 is 5.27. The first kappa shape index (κ1) is 15.1. The van der Waals surface area contributed by atoms with E-state index in [9.17, 15) is 0 Å². The number of benzene rings is 2. The van der Waals surface area contributed by atoms with Gasteiger partial charge in [0.05, 0.1) is 14.2 Å². The Morgan fingerprint density at radius 1 is 1.00 bits per heavy atom. The summed E-state index contributed by atoms with van der Waals surface area (Å²) in [6, 6.07) is 15.6. The first-order valence-electron chi connectivity index (χ1n) is 6.53. The van der Waals surface area contributed by atoms with Crippen molar-refractivity contribution in [1.82, 2.24) is 5.32 Å². The number of para-hydroxylation sites is 1. The fraction of sp³-hybridized carbons (Fsp3) is 0.188. The summed E-state index contributed by atoms with van der Waals surface area (Å²) < 4.78 is 10.5. The molecule has 0 amide bonds. The van der Waals surface area contributed by atoms with Crippen molar-refractivity contribution in [2.75, 3.05) is 19.5 Å². The Hall–Kier alpha value is -2.27. The monoisotopic (exact) mass is 302 g/mol. The van der Waals surface area contributed by atoms with Crippen molar-refractivity contribution in [3.63, 3.8) is 0 Å². The molecule has 0 atom stereocenters. The van der Waals surface area contributed by atoms with Crippen LogP contribution in [0.1, 0.15) is 5.56 Å². The van der Waals surface area contributed by atoms with E-state index in [0.29, 0.717) is 23.2 Å². The summed E-state index contributed by atoms with van der Waals surface area (Å²) in [5, 5.41) is 6.87. The molecule has 0 unspecified atom stereocenters. The molecular formula is C16H18N2O2S. The average molecular weight is 302 g/mol. The molecule has 21 heavy (non-hydrogen) atoms. The lowest BCUT2D eigenvalue weighted by Gasteiger charge is -2.12. The molecule has 0 aliphatic heterocycles. The van der Waals surface area contributed by atoms with E-state index < -0.39 is 0 Å². The van der Waals surface area contributed by atoms with Crippen LogP contribution in [0.3, 0.4) is 0 Å². The van der Waals surface area contributed by atoms with Crippen LogP contribution in [0.2, 0.25) is 0 Å². The van der Waals surface area contributed by atoms with Gasteiger partial charge in [-0.2, -0.15) is 0 Å². The van der Waals surface area contributed by atoms with Gasteiger partial charge in [-0.15, -0.1) is 0 Å². The summed E-state index contributed by atoms with van der Waals surface area (Å²) in [6.45, 7) is 0.610. The van der Waals surface area contributed by atoms with E-state index in [1.54, 1.807) is 14.2 Å². The Balaban J connectivity index is 1.92. The highest BCUT2D eigenvalue weighted by Gasteiger charge is 2.05. The normalized spacial score (nSPS) is 9.81. The van der Waals surface area contributed by atoms with Gasteiger partial charge < -0.3 is 20.1 Å². The predicted molar refractivity (Wildman–Crippen MR) is 89.0 cm³/mol. The summed E-state index contributed by atoms with van der Waals surface area (Å²) in [6.07, 6.45) is 0. The molecule has 0 aliphatic rings. The second-order valence-corrected chi connectivity index (χ2v) is 4.77. The van der Waals surface area contributed by atoms with Crippen LogP contribution in [-0.2, 0) is 6.54 Å². The van der Waals surface area contributed by atoms with E-state index >= 15 is 0 Å². The van der Waals surface area contributed by atoms with Crippen molar-refractivity contribution in [1.29, 1.82) is 0 Å². The number of thiocarbonyl (C=S) groups is 1. The van der Waals surface area contributed by atoms with E-state index in [1.165, 1.54) is 0 Å². The second kappa shape index (κ2) is 7.50. The van der Waals surface area contributed by atoms with Gasteiger partial charge in [-0.05, 0) is 42.0 Å². The first-order valence-corrected chi connectivity index (χ1v) is 6.94. The maximum Gasteiger partial charge on any atom is 0.171 e. The summed E-state index contributed by atoms with van der Waals surface area (Å²) in [5.74, 6) is 1.42. The van der Waals surface area contributed by atoms with Crippen LogP contribution in [0.15, 0.2) is 48.5 Å². The lowest BCUT2D eigenvalue weighted by atomic mass is 10.2. The van der Waals surface area contributed by atoms with Crippen LogP contribution in [0.25, 0.3) is 0 Å². The Morgan fingerprint density at radius 3 is 2.38 bits per heavy atom. The largest absolute Gasteiger partial charge is 0.493 e. The van der Waals surface area contributed by atoms with Crippen LogP contribution < -0.4 is 20.1 Å². The quantitative estimate of drug-likeness (QED) is 0.830. The summed E-state index contributed by atoms with van der Waals surface area (Å²) in [7, 11) is 3.24. The molecule has 0 spiro atoms. The average Bonchev–Trinajstić information content (AvgIpc) is 2.53. The predicted octanol–water partition coefficient (Wildman–Crippen LogP) is 3.19. The molecule has 0 aliphatic carbocycles. The fourth-order valence-electron chi connectivity index (χ4n) is 1.87. The van der Waals surface area contributed by atoms with E-state index in [2.05, 4.69) is 10.6 Å². The molecule has 0 bridgehead atoms. The van der Waals surface area contributed by atoms with Crippen molar-refractivity contribution in [2.24, 2.45) is 0 Å². The third-order valence-corrected chi connectivity index (χ3v) is 3.18. The summed E-state index contributed by atoms with van der Waals surface area (Å²) in [5.41, 5.74) is 2.02. The highest BCUT2D eigenvalue weighted by molar-refractivity contribution is 7.80. The molecule has 0 fully saturated rings. The van der Waals surface area contributed by atoms with Gasteiger partial charge in [0.25, 0.3) is 0 Å². The van der Waals surface area contributed by atoms with Crippen molar-refractivity contribution < 1.29 is 9.47 Å². The molecule has 0 aromatic heterocycles. The smallest absolute Gasteiger partial charge is 0.171 e. The molecular weight excluding hydrogens is 284 g/mol. The SMILES string of the molecule is COc1ccc(CNC(=S)Nc2ccccc2)cc1OC. The zero-order chi connectivity index (χ0) is 15.1. The fourth-order valence-corrected chi connectivity index (χ4v) is 2.06.